The first kappa shape index (κ1) is 16.2. The highest BCUT2D eigenvalue weighted by molar-refractivity contribution is 6.24. The van der Waals surface area contributed by atoms with E-state index in [1.54, 1.807) is 0 Å². The summed E-state index contributed by atoms with van der Waals surface area (Å²) in [5, 5.41) is 10.2. The van der Waals surface area contributed by atoms with E-state index >= 15 is 0 Å². The van der Waals surface area contributed by atoms with E-state index in [9.17, 15) is 0 Å². The lowest BCUT2D eigenvalue weighted by Crippen LogP contribution is -2.25. The molecule has 0 bridgehead atoms. The van der Waals surface area contributed by atoms with Crippen LogP contribution in [-0.2, 0) is 5.41 Å². The van der Waals surface area contributed by atoms with Gasteiger partial charge in [0.2, 0.25) is 0 Å². The zero-order valence-corrected chi connectivity index (χ0v) is 17.0. The molecule has 0 radical (unpaired) electrons. The van der Waals surface area contributed by atoms with Gasteiger partial charge in [-0.25, -0.2) is 0 Å². The second-order valence-electron chi connectivity index (χ2n) is 9.00. The van der Waals surface area contributed by atoms with E-state index in [0.717, 1.165) is 11.5 Å². The van der Waals surface area contributed by atoms with Crippen LogP contribution in [-0.4, -0.2) is 0 Å². The lowest BCUT2D eigenvalue weighted by molar-refractivity contribution is 0.426. The van der Waals surface area contributed by atoms with Gasteiger partial charge in [0, 0.05) is 27.3 Å². The first-order valence-corrected chi connectivity index (χ1v) is 10.5. The molecule has 0 saturated carbocycles. The summed E-state index contributed by atoms with van der Waals surface area (Å²) in [6.07, 6.45) is 0. The van der Waals surface area contributed by atoms with Gasteiger partial charge in [-0.05, 0) is 50.5 Å². The molecule has 1 aliphatic heterocycles. The molecule has 1 nitrogen and oxygen atoms in total. The van der Waals surface area contributed by atoms with Crippen LogP contribution >= 0.6 is 0 Å². The second kappa shape index (κ2) is 5.31. The molecule has 0 spiro atoms. The monoisotopic (exact) mass is 384 g/mol. The van der Waals surface area contributed by atoms with Crippen LogP contribution in [0, 0.1) is 0 Å². The summed E-state index contributed by atoms with van der Waals surface area (Å²) in [7, 11) is 0. The average Bonchev–Trinajstić information content (AvgIpc) is 2.77. The van der Waals surface area contributed by atoms with E-state index in [0.29, 0.717) is 0 Å². The van der Waals surface area contributed by atoms with Gasteiger partial charge in [-0.3, -0.25) is 0 Å². The molecular formula is C29H20O. The van der Waals surface area contributed by atoms with Crippen molar-refractivity contribution in [2.24, 2.45) is 0 Å². The number of hydrogen-bond acceptors (Lipinski definition) is 1. The lowest BCUT2D eigenvalue weighted by atomic mass is 9.72. The third-order valence-corrected chi connectivity index (χ3v) is 7.00. The van der Waals surface area contributed by atoms with Crippen LogP contribution in [0.3, 0.4) is 0 Å². The summed E-state index contributed by atoms with van der Waals surface area (Å²) in [5.41, 5.74) is 2.38. The fourth-order valence-corrected chi connectivity index (χ4v) is 5.58. The minimum Gasteiger partial charge on any atom is -0.456 e. The molecule has 1 heterocycles. The highest BCUT2D eigenvalue weighted by atomic mass is 16.5. The molecule has 6 aromatic carbocycles. The SMILES string of the molecule is CC1(C)c2cc3ccc4cccc5ccc(c2Oc2ccc6ccccc6c21)c3c45. The second-order valence-corrected chi connectivity index (χ2v) is 9.00. The molecule has 0 amide bonds. The molecule has 0 aliphatic carbocycles. The summed E-state index contributed by atoms with van der Waals surface area (Å²) >= 11 is 0. The molecule has 0 fully saturated rings. The Kier molecular flexibility index (Phi) is 2.88. The van der Waals surface area contributed by atoms with Crippen molar-refractivity contribution in [3.05, 3.63) is 96.1 Å². The Morgan fingerprint density at radius 3 is 2.17 bits per heavy atom. The fourth-order valence-electron chi connectivity index (χ4n) is 5.58. The molecule has 7 rings (SSSR count). The van der Waals surface area contributed by atoms with Gasteiger partial charge < -0.3 is 4.74 Å². The van der Waals surface area contributed by atoms with Gasteiger partial charge in [-0.2, -0.15) is 0 Å². The molecule has 0 N–H and O–H groups in total. The zero-order chi connectivity index (χ0) is 20.0. The van der Waals surface area contributed by atoms with Crippen LogP contribution < -0.4 is 4.74 Å². The topological polar surface area (TPSA) is 9.23 Å². The molecule has 1 aliphatic rings. The van der Waals surface area contributed by atoms with Gasteiger partial charge in [-0.15, -0.1) is 0 Å². The van der Waals surface area contributed by atoms with Gasteiger partial charge in [-0.1, -0.05) is 80.6 Å². The van der Waals surface area contributed by atoms with E-state index in [4.69, 9.17) is 4.74 Å². The molecule has 1 heteroatoms. The largest absolute Gasteiger partial charge is 0.456 e. The van der Waals surface area contributed by atoms with E-state index in [1.165, 1.54) is 54.2 Å². The maximum absolute atomic E-state index is 6.68. The zero-order valence-electron chi connectivity index (χ0n) is 17.0. The number of hydrogen-bond donors (Lipinski definition) is 0. The van der Waals surface area contributed by atoms with Crippen LogP contribution in [0.25, 0.3) is 43.1 Å². The molecule has 6 aromatic rings. The molecule has 30 heavy (non-hydrogen) atoms. The average molecular weight is 384 g/mol. The highest BCUT2D eigenvalue weighted by Gasteiger charge is 2.37. The molecule has 0 aromatic heterocycles. The maximum atomic E-state index is 6.68. The van der Waals surface area contributed by atoms with Gasteiger partial charge in [0.25, 0.3) is 0 Å². The van der Waals surface area contributed by atoms with Crippen LogP contribution in [0.5, 0.6) is 11.5 Å². The maximum Gasteiger partial charge on any atom is 0.139 e. The summed E-state index contributed by atoms with van der Waals surface area (Å²) in [6.45, 7) is 4.66. The third-order valence-electron chi connectivity index (χ3n) is 7.00. The van der Waals surface area contributed by atoms with Crippen molar-refractivity contribution in [3.8, 4) is 11.5 Å². The first-order valence-electron chi connectivity index (χ1n) is 10.5. The molecule has 142 valence electrons. The summed E-state index contributed by atoms with van der Waals surface area (Å²) in [6, 6.07) is 30.8. The number of benzene rings is 6. The van der Waals surface area contributed by atoms with Gasteiger partial charge in [0.1, 0.15) is 11.5 Å². The normalized spacial score (nSPS) is 14.9. The van der Waals surface area contributed by atoms with E-state index in [-0.39, 0.29) is 5.41 Å². The minimum atomic E-state index is -0.158. The van der Waals surface area contributed by atoms with Crippen LogP contribution in [0.2, 0.25) is 0 Å². The van der Waals surface area contributed by atoms with Crippen molar-refractivity contribution in [2.75, 3.05) is 0 Å². The fraction of sp³-hybridized carbons (Fsp3) is 0.103. The number of fused-ring (bicyclic) bond motifs is 5. The lowest BCUT2D eigenvalue weighted by Gasteiger charge is -2.36. The molecule has 0 unspecified atom stereocenters. The van der Waals surface area contributed by atoms with Crippen LogP contribution in [0.4, 0.5) is 0 Å². The van der Waals surface area contributed by atoms with Gasteiger partial charge >= 0.3 is 0 Å². The van der Waals surface area contributed by atoms with Crippen LogP contribution in [0.15, 0.2) is 84.9 Å². The Bertz CT molecular complexity index is 1620. The van der Waals surface area contributed by atoms with E-state index in [2.05, 4.69) is 98.8 Å². The summed E-state index contributed by atoms with van der Waals surface area (Å²) in [5.74, 6) is 1.98. The Morgan fingerprint density at radius 1 is 0.600 bits per heavy atom. The van der Waals surface area contributed by atoms with E-state index in [1.807, 2.05) is 0 Å². The number of ether oxygens (including phenoxy) is 1. The summed E-state index contributed by atoms with van der Waals surface area (Å²) < 4.78 is 6.68. The van der Waals surface area contributed by atoms with Crippen molar-refractivity contribution in [3.63, 3.8) is 0 Å². The molecule has 0 atom stereocenters. The third kappa shape index (κ3) is 1.88. The van der Waals surface area contributed by atoms with E-state index < -0.39 is 0 Å². The van der Waals surface area contributed by atoms with Crippen molar-refractivity contribution >= 4 is 43.1 Å². The van der Waals surface area contributed by atoms with Crippen molar-refractivity contribution in [2.45, 2.75) is 19.3 Å². The van der Waals surface area contributed by atoms with Crippen molar-refractivity contribution in [1.82, 2.24) is 0 Å². The van der Waals surface area contributed by atoms with Gasteiger partial charge in [0.05, 0.1) is 0 Å². The predicted octanol–water partition coefficient (Wildman–Crippen LogP) is 8.17. The van der Waals surface area contributed by atoms with Crippen molar-refractivity contribution < 1.29 is 4.74 Å². The number of rotatable bonds is 0. The van der Waals surface area contributed by atoms with Crippen molar-refractivity contribution in [1.29, 1.82) is 0 Å². The van der Waals surface area contributed by atoms with Gasteiger partial charge in [0.15, 0.2) is 0 Å². The molecular weight excluding hydrogens is 364 g/mol. The highest BCUT2D eigenvalue weighted by Crippen LogP contribution is 2.54. The van der Waals surface area contributed by atoms with Crippen LogP contribution in [0.1, 0.15) is 25.0 Å². The Labute approximate surface area is 174 Å². The first-order chi connectivity index (χ1) is 14.6. The predicted molar refractivity (Wildman–Crippen MR) is 126 cm³/mol. The minimum absolute atomic E-state index is 0.158. The molecule has 0 saturated heterocycles. The Hall–Kier alpha value is -3.58. The smallest absolute Gasteiger partial charge is 0.139 e. The Balaban J connectivity index is 1.64. The standard InChI is InChI=1S/C29H20O/c1-29(2)23-16-20-11-10-18-7-5-8-19-12-14-22(26(20)25(18)19)28(23)30-24-15-13-17-6-3-4-9-21(17)27(24)29/h3-16H,1-2H3. The Morgan fingerprint density at radius 2 is 1.30 bits per heavy atom. The summed E-state index contributed by atoms with van der Waals surface area (Å²) in [4.78, 5) is 0. The quantitative estimate of drug-likeness (QED) is 0.240.